The van der Waals surface area contributed by atoms with Gasteiger partial charge >= 0.3 is 0 Å². The number of hydrogen-bond donors (Lipinski definition) is 2. The van der Waals surface area contributed by atoms with Crippen LogP contribution in [0, 0.1) is 22.7 Å². The molecule has 1 heterocycles. The fraction of sp³-hybridized carbons (Fsp3) is 0.591. The first-order valence-electron chi connectivity index (χ1n) is 9.71. The van der Waals surface area contributed by atoms with Gasteiger partial charge < -0.3 is 14.6 Å². The molecular formula is C22H29NO3. The van der Waals surface area contributed by atoms with Crippen LogP contribution in [-0.4, -0.2) is 15.2 Å². The molecule has 2 aliphatic carbocycles. The van der Waals surface area contributed by atoms with Gasteiger partial charge in [-0.2, -0.15) is 0 Å². The van der Waals surface area contributed by atoms with E-state index in [9.17, 15) is 10.2 Å². The summed E-state index contributed by atoms with van der Waals surface area (Å²) >= 11 is 0. The van der Waals surface area contributed by atoms with E-state index in [1.807, 2.05) is 0 Å². The lowest BCUT2D eigenvalue weighted by Crippen LogP contribution is -2.50. The molecule has 0 aliphatic heterocycles. The lowest BCUT2D eigenvalue weighted by atomic mass is 9.47. The Morgan fingerprint density at radius 3 is 2.81 bits per heavy atom. The molecule has 4 atom stereocenters. The third-order valence-corrected chi connectivity index (χ3v) is 7.82. The molecule has 26 heavy (non-hydrogen) atoms. The molecule has 0 saturated heterocycles. The second kappa shape index (κ2) is 5.77. The molecule has 2 N–H and O–H groups in total. The number of aromatic nitrogens is 1. The molecule has 2 aromatic rings. The Kier molecular flexibility index (Phi) is 3.87. The number of phenolic OH excluding ortho intramolecular Hbond substituents is 2. The van der Waals surface area contributed by atoms with Gasteiger partial charge in [0.05, 0.1) is 0 Å². The summed E-state index contributed by atoms with van der Waals surface area (Å²) < 4.78 is 5.60. The number of fused-ring (bicyclic) bond motifs is 2. The van der Waals surface area contributed by atoms with Crippen LogP contribution in [0.1, 0.15) is 58.9 Å². The molecule has 4 rings (SSSR count). The van der Waals surface area contributed by atoms with Crippen molar-refractivity contribution in [2.75, 3.05) is 0 Å². The average Bonchev–Trinajstić information content (AvgIpc) is 3.06. The maximum Gasteiger partial charge on any atom is 0.181 e. The number of hydrogen-bond acceptors (Lipinski definition) is 4. The predicted molar refractivity (Wildman–Crippen MR) is 102 cm³/mol. The van der Waals surface area contributed by atoms with Gasteiger partial charge in [-0.3, -0.25) is 0 Å². The van der Waals surface area contributed by atoms with E-state index < -0.39 is 0 Å². The number of nitrogens with zero attached hydrogens (tertiary/aromatic N) is 1. The fourth-order valence-electron chi connectivity index (χ4n) is 5.80. The Hall–Kier alpha value is -1.97. The van der Waals surface area contributed by atoms with E-state index in [1.165, 1.54) is 37.3 Å². The van der Waals surface area contributed by atoms with E-state index in [1.54, 1.807) is 0 Å². The minimum Gasteiger partial charge on any atom is -0.504 e. The largest absolute Gasteiger partial charge is 0.504 e. The molecule has 4 unspecified atom stereocenters. The van der Waals surface area contributed by atoms with Crippen molar-refractivity contribution in [2.45, 2.75) is 59.8 Å². The van der Waals surface area contributed by atoms with Crippen LogP contribution in [0.25, 0.3) is 11.1 Å². The van der Waals surface area contributed by atoms with E-state index in [-0.39, 0.29) is 22.3 Å². The van der Waals surface area contributed by atoms with Crippen molar-refractivity contribution in [3.8, 4) is 11.5 Å². The number of phenols is 2. The Balaban J connectivity index is 1.83. The highest BCUT2D eigenvalue weighted by Crippen LogP contribution is 2.61. The summed E-state index contributed by atoms with van der Waals surface area (Å²) in [6, 6.07) is 1.47. The van der Waals surface area contributed by atoms with E-state index in [0.717, 1.165) is 6.42 Å². The van der Waals surface area contributed by atoms with Crippen LogP contribution in [-0.2, 0) is 6.42 Å². The van der Waals surface area contributed by atoms with Gasteiger partial charge in [-0.25, -0.2) is 4.98 Å². The summed E-state index contributed by atoms with van der Waals surface area (Å²) in [5.41, 5.74) is 3.65. The van der Waals surface area contributed by atoms with Crippen molar-refractivity contribution in [3.63, 3.8) is 0 Å². The van der Waals surface area contributed by atoms with Gasteiger partial charge in [0.1, 0.15) is 5.52 Å². The van der Waals surface area contributed by atoms with E-state index in [2.05, 4.69) is 38.8 Å². The predicted octanol–water partition coefficient (Wildman–Crippen LogP) is 5.58. The highest BCUT2D eigenvalue weighted by atomic mass is 16.3. The van der Waals surface area contributed by atoms with Crippen molar-refractivity contribution >= 4 is 11.1 Å². The summed E-state index contributed by atoms with van der Waals surface area (Å²) in [5.74, 6) is 0.906. The quantitative estimate of drug-likeness (QED) is 0.545. The topological polar surface area (TPSA) is 66.5 Å². The van der Waals surface area contributed by atoms with Crippen LogP contribution in [0.3, 0.4) is 0 Å². The van der Waals surface area contributed by atoms with Gasteiger partial charge in [-0.05, 0) is 61.7 Å². The lowest BCUT2D eigenvalue weighted by Gasteiger charge is -2.58. The monoisotopic (exact) mass is 355 g/mol. The molecule has 0 radical (unpaired) electrons. The first-order chi connectivity index (χ1) is 12.3. The highest BCUT2D eigenvalue weighted by molar-refractivity contribution is 5.81. The van der Waals surface area contributed by atoms with Crippen LogP contribution < -0.4 is 0 Å². The molecule has 1 aromatic heterocycles. The summed E-state index contributed by atoms with van der Waals surface area (Å²) in [7, 11) is 0. The summed E-state index contributed by atoms with van der Waals surface area (Å²) in [5, 5.41) is 20.8. The van der Waals surface area contributed by atoms with E-state index in [4.69, 9.17) is 4.42 Å². The number of oxazole rings is 1. The molecule has 2 aliphatic rings. The zero-order chi connectivity index (χ0) is 18.7. The normalized spacial score (nSPS) is 34.5. The minimum atomic E-state index is -0.115. The zero-order valence-corrected chi connectivity index (χ0v) is 16.2. The lowest BCUT2D eigenvalue weighted by molar-refractivity contribution is -0.0411. The molecule has 1 saturated carbocycles. The van der Waals surface area contributed by atoms with Gasteiger partial charge in [-0.15, -0.1) is 0 Å². The van der Waals surface area contributed by atoms with Crippen LogP contribution in [0.4, 0.5) is 0 Å². The Morgan fingerprint density at radius 2 is 2.04 bits per heavy atom. The maximum absolute atomic E-state index is 10.6. The molecule has 140 valence electrons. The number of rotatable bonds is 2. The zero-order valence-electron chi connectivity index (χ0n) is 16.2. The van der Waals surface area contributed by atoms with Crippen molar-refractivity contribution in [1.82, 2.24) is 4.98 Å². The van der Waals surface area contributed by atoms with Crippen molar-refractivity contribution in [2.24, 2.45) is 22.7 Å². The third kappa shape index (κ3) is 2.30. The second-order valence-electron chi connectivity index (χ2n) is 8.98. The number of aromatic hydroxyl groups is 2. The minimum absolute atomic E-state index is 0.0213. The maximum atomic E-state index is 10.6. The first-order valence-corrected chi connectivity index (χ1v) is 9.71. The summed E-state index contributed by atoms with van der Waals surface area (Å²) in [4.78, 5) is 4.18. The number of benzene rings is 1. The summed E-state index contributed by atoms with van der Waals surface area (Å²) in [6.07, 6.45) is 9.18. The molecule has 4 nitrogen and oxygen atoms in total. The third-order valence-electron chi connectivity index (χ3n) is 7.82. The highest BCUT2D eigenvalue weighted by Gasteiger charge is 2.53. The first kappa shape index (κ1) is 17.4. The van der Waals surface area contributed by atoms with Gasteiger partial charge in [0.2, 0.25) is 0 Å². The molecule has 0 bridgehead atoms. The fourth-order valence-corrected chi connectivity index (χ4v) is 5.80. The van der Waals surface area contributed by atoms with Gasteiger partial charge in [0.25, 0.3) is 0 Å². The van der Waals surface area contributed by atoms with Crippen LogP contribution in [0.5, 0.6) is 11.5 Å². The van der Waals surface area contributed by atoms with Gasteiger partial charge in [-0.1, -0.05) is 32.4 Å². The van der Waals surface area contributed by atoms with Crippen LogP contribution >= 0.6 is 0 Å². The Labute approximate surface area is 154 Å². The van der Waals surface area contributed by atoms with E-state index >= 15 is 0 Å². The van der Waals surface area contributed by atoms with Crippen molar-refractivity contribution in [3.05, 3.63) is 29.7 Å². The molecule has 0 spiro atoms. The average molecular weight is 355 g/mol. The van der Waals surface area contributed by atoms with Crippen molar-refractivity contribution < 1.29 is 14.6 Å². The van der Waals surface area contributed by atoms with E-state index in [0.29, 0.717) is 34.9 Å². The second-order valence-corrected chi connectivity index (χ2v) is 8.98. The summed E-state index contributed by atoms with van der Waals surface area (Å²) in [6.45, 7) is 9.40. The van der Waals surface area contributed by atoms with Crippen molar-refractivity contribution in [1.29, 1.82) is 0 Å². The van der Waals surface area contributed by atoms with Gasteiger partial charge in [0, 0.05) is 11.6 Å². The molecule has 4 heteroatoms. The Morgan fingerprint density at radius 1 is 1.27 bits per heavy atom. The van der Waals surface area contributed by atoms with Crippen LogP contribution in [0.15, 0.2) is 28.5 Å². The van der Waals surface area contributed by atoms with Crippen LogP contribution in [0.2, 0.25) is 0 Å². The smallest absolute Gasteiger partial charge is 0.181 e. The molecule has 0 amide bonds. The molecule has 1 aromatic carbocycles. The number of allylic oxidation sites excluding steroid dienone is 2. The SMILES string of the molecule is CC1=CCCC2C1(C)CCC(C)C2(C)Cc1c(O)c(O)cc2ncoc12. The molecular weight excluding hydrogens is 326 g/mol. The standard InChI is InChI=1S/C22H29NO3/c1-13-6-5-7-18-21(13,3)9-8-14(2)22(18,4)11-15-19(25)17(24)10-16-20(15)26-12-23-16/h6,10,12,14,18,24-25H,5,7-9,11H2,1-4H3. The Bertz CT molecular complexity index is 883. The van der Waals surface area contributed by atoms with Gasteiger partial charge in [0.15, 0.2) is 23.5 Å². The molecule has 1 fully saturated rings.